The molecule has 0 fully saturated rings. The maximum atomic E-state index is 9.82. The van der Waals surface area contributed by atoms with Crippen molar-refractivity contribution in [2.45, 2.75) is 33.1 Å². The molecule has 1 aromatic carbocycles. The molecule has 84 valence electrons. The Labute approximate surface area is 96.0 Å². The van der Waals surface area contributed by atoms with Crippen LogP contribution in [-0.4, -0.2) is 10.1 Å². The van der Waals surface area contributed by atoms with Gasteiger partial charge in [-0.2, -0.15) is 0 Å². The summed E-state index contributed by atoms with van der Waals surface area (Å²) in [6.45, 7) is 8.43. The van der Waals surface area contributed by atoms with Crippen molar-refractivity contribution < 1.29 is 5.11 Å². The number of fused-ring (bicyclic) bond motifs is 1. The molecule has 0 bridgehead atoms. The van der Waals surface area contributed by atoms with Crippen molar-refractivity contribution in [1.82, 2.24) is 4.98 Å². The molecule has 0 unspecified atom stereocenters. The van der Waals surface area contributed by atoms with E-state index in [9.17, 15) is 5.11 Å². The number of aromatic hydroxyl groups is 1. The lowest BCUT2D eigenvalue weighted by atomic mass is 9.84. The molecule has 1 heterocycles. The van der Waals surface area contributed by atoms with Gasteiger partial charge in [0, 0.05) is 11.1 Å². The van der Waals surface area contributed by atoms with E-state index in [2.05, 4.69) is 25.8 Å². The number of rotatable bonds is 0. The van der Waals surface area contributed by atoms with Gasteiger partial charge in [-0.3, -0.25) is 0 Å². The van der Waals surface area contributed by atoms with Gasteiger partial charge in [-0.05, 0) is 30.0 Å². The predicted octanol–water partition coefficient (Wildman–Crippen LogP) is 3.55. The van der Waals surface area contributed by atoms with Crippen LogP contribution < -0.4 is 0 Å². The molecule has 0 saturated carbocycles. The summed E-state index contributed by atoms with van der Waals surface area (Å²) in [7, 11) is 0. The Morgan fingerprint density at radius 3 is 2.38 bits per heavy atom. The van der Waals surface area contributed by atoms with Crippen LogP contribution in [0.5, 0.6) is 5.75 Å². The van der Waals surface area contributed by atoms with E-state index in [1.807, 2.05) is 25.1 Å². The van der Waals surface area contributed by atoms with Gasteiger partial charge in [-0.15, -0.1) is 0 Å². The maximum Gasteiger partial charge on any atom is 0.141 e. The van der Waals surface area contributed by atoms with Crippen LogP contribution in [-0.2, 0) is 5.41 Å². The monoisotopic (exact) mass is 215 g/mol. The van der Waals surface area contributed by atoms with E-state index >= 15 is 0 Å². The van der Waals surface area contributed by atoms with E-state index in [0.717, 1.165) is 11.1 Å². The zero-order valence-corrected chi connectivity index (χ0v) is 10.2. The minimum Gasteiger partial charge on any atom is -0.506 e. The highest BCUT2D eigenvalue weighted by Crippen LogP contribution is 2.33. The van der Waals surface area contributed by atoms with Gasteiger partial charge in [-0.25, -0.2) is 4.98 Å². The average molecular weight is 215 g/mol. The highest BCUT2D eigenvalue weighted by atomic mass is 16.3. The fourth-order valence-corrected chi connectivity index (χ4v) is 1.95. The Balaban J connectivity index is 2.85. The summed E-state index contributed by atoms with van der Waals surface area (Å²) < 4.78 is 0. The Morgan fingerprint density at radius 2 is 1.75 bits per heavy atom. The molecule has 0 aliphatic heterocycles. The molecule has 0 aliphatic carbocycles. The maximum absolute atomic E-state index is 9.82. The first kappa shape index (κ1) is 10.9. The van der Waals surface area contributed by atoms with Crippen molar-refractivity contribution in [3.05, 3.63) is 35.5 Å². The van der Waals surface area contributed by atoms with E-state index in [1.54, 1.807) is 6.07 Å². The van der Waals surface area contributed by atoms with Crippen molar-refractivity contribution in [1.29, 1.82) is 0 Å². The molecule has 0 spiro atoms. The number of aromatic nitrogens is 1. The summed E-state index contributed by atoms with van der Waals surface area (Å²) in [5.41, 5.74) is 2.90. The molecule has 2 heteroatoms. The number of benzene rings is 1. The van der Waals surface area contributed by atoms with Gasteiger partial charge in [0.2, 0.25) is 0 Å². The van der Waals surface area contributed by atoms with Crippen LogP contribution in [0.3, 0.4) is 0 Å². The third-order valence-electron chi connectivity index (χ3n) is 2.78. The molecule has 2 rings (SSSR count). The van der Waals surface area contributed by atoms with Crippen LogP contribution in [0.25, 0.3) is 10.9 Å². The van der Waals surface area contributed by atoms with Gasteiger partial charge >= 0.3 is 0 Å². The second kappa shape index (κ2) is 3.48. The van der Waals surface area contributed by atoms with Crippen molar-refractivity contribution >= 4 is 10.9 Å². The molecule has 1 N–H and O–H groups in total. The fourth-order valence-electron chi connectivity index (χ4n) is 1.95. The van der Waals surface area contributed by atoms with Crippen LogP contribution in [0.15, 0.2) is 24.3 Å². The lowest BCUT2D eigenvalue weighted by Crippen LogP contribution is -2.11. The van der Waals surface area contributed by atoms with Crippen LogP contribution in [0.1, 0.15) is 32.0 Å². The van der Waals surface area contributed by atoms with Crippen LogP contribution in [0.4, 0.5) is 0 Å². The standard InChI is InChI=1S/C14H17NO/c1-9-5-6-10-11(14(2,3)4)7-8-12(16)13(10)15-9/h5-8,16H,1-4H3. The zero-order valence-electron chi connectivity index (χ0n) is 10.2. The Kier molecular flexibility index (Phi) is 2.38. The highest BCUT2D eigenvalue weighted by Gasteiger charge is 2.18. The summed E-state index contributed by atoms with van der Waals surface area (Å²) in [5, 5.41) is 10.9. The number of hydrogen-bond acceptors (Lipinski definition) is 2. The largest absolute Gasteiger partial charge is 0.506 e. The molecule has 1 aromatic heterocycles. The summed E-state index contributed by atoms with van der Waals surface area (Å²) in [4.78, 5) is 4.40. The van der Waals surface area contributed by atoms with Crippen molar-refractivity contribution in [3.63, 3.8) is 0 Å². The number of pyridine rings is 1. The van der Waals surface area contributed by atoms with E-state index < -0.39 is 0 Å². The van der Waals surface area contributed by atoms with Crippen LogP contribution in [0, 0.1) is 6.92 Å². The number of phenolic OH excluding ortho intramolecular Hbond substituents is 1. The minimum atomic E-state index is 0.0584. The topological polar surface area (TPSA) is 33.1 Å². The van der Waals surface area contributed by atoms with E-state index in [1.165, 1.54) is 5.56 Å². The lowest BCUT2D eigenvalue weighted by molar-refractivity contribution is 0.479. The summed E-state index contributed by atoms with van der Waals surface area (Å²) >= 11 is 0. The van der Waals surface area contributed by atoms with Crippen LogP contribution >= 0.6 is 0 Å². The molecular weight excluding hydrogens is 198 g/mol. The van der Waals surface area contributed by atoms with Crippen molar-refractivity contribution in [2.24, 2.45) is 0 Å². The van der Waals surface area contributed by atoms with Crippen molar-refractivity contribution in [2.75, 3.05) is 0 Å². The lowest BCUT2D eigenvalue weighted by Gasteiger charge is -2.21. The van der Waals surface area contributed by atoms with Gasteiger partial charge in [0.25, 0.3) is 0 Å². The third kappa shape index (κ3) is 1.75. The van der Waals surface area contributed by atoms with E-state index in [4.69, 9.17) is 0 Å². The molecule has 2 nitrogen and oxygen atoms in total. The Hall–Kier alpha value is -1.57. The number of hydrogen-bond donors (Lipinski definition) is 1. The van der Waals surface area contributed by atoms with Gasteiger partial charge in [-0.1, -0.05) is 32.9 Å². The Morgan fingerprint density at radius 1 is 1.06 bits per heavy atom. The minimum absolute atomic E-state index is 0.0584. The molecule has 0 amide bonds. The molecule has 2 aromatic rings. The SMILES string of the molecule is Cc1ccc2c(C(C)(C)C)ccc(O)c2n1. The first-order valence-electron chi connectivity index (χ1n) is 5.49. The van der Waals surface area contributed by atoms with Crippen molar-refractivity contribution in [3.8, 4) is 5.75 Å². The number of phenols is 1. The van der Waals surface area contributed by atoms with Gasteiger partial charge in [0.05, 0.1) is 0 Å². The van der Waals surface area contributed by atoms with Gasteiger partial charge in [0.15, 0.2) is 0 Å². The predicted molar refractivity (Wildman–Crippen MR) is 66.8 cm³/mol. The number of aryl methyl sites for hydroxylation is 1. The molecule has 0 aliphatic rings. The number of nitrogens with zero attached hydrogens (tertiary/aromatic N) is 1. The molecule has 16 heavy (non-hydrogen) atoms. The smallest absolute Gasteiger partial charge is 0.141 e. The first-order chi connectivity index (χ1) is 7.39. The first-order valence-corrected chi connectivity index (χ1v) is 5.49. The normalized spacial score (nSPS) is 12.0. The zero-order chi connectivity index (χ0) is 11.9. The van der Waals surface area contributed by atoms with E-state index in [0.29, 0.717) is 5.52 Å². The molecular formula is C14H17NO. The highest BCUT2D eigenvalue weighted by molar-refractivity contribution is 5.88. The molecule has 0 radical (unpaired) electrons. The summed E-state index contributed by atoms with van der Waals surface area (Å²) in [6.07, 6.45) is 0. The van der Waals surface area contributed by atoms with Crippen LogP contribution in [0.2, 0.25) is 0 Å². The molecule has 0 atom stereocenters. The molecule has 0 saturated heterocycles. The summed E-state index contributed by atoms with van der Waals surface area (Å²) in [5.74, 6) is 0.256. The van der Waals surface area contributed by atoms with Gasteiger partial charge < -0.3 is 5.11 Å². The van der Waals surface area contributed by atoms with Gasteiger partial charge in [0.1, 0.15) is 11.3 Å². The second-order valence-corrected chi connectivity index (χ2v) is 5.23. The fraction of sp³-hybridized carbons (Fsp3) is 0.357. The third-order valence-corrected chi connectivity index (χ3v) is 2.78. The second-order valence-electron chi connectivity index (χ2n) is 5.23. The summed E-state index contributed by atoms with van der Waals surface area (Å²) in [6, 6.07) is 7.74. The average Bonchev–Trinajstić information content (AvgIpc) is 2.17. The quantitative estimate of drug-likeness (QED) is 0.729. The van der Waals surface area contributed by atoms with E-state index in [-0.39, 0.29) is 11.2 Å². The Bertz CT molecular complexity index is 538.